The lowest BCUT2D eigenvalue weighted by Crippen LogP contribution is -2.31. The van der Waals surface area contributed by atoms with Crippen LogP contribution in [-0.4, -0.2) is 17.9 Å². The van der Waals surface area contributed by atoms with Crippen molar-refractivity contribution in [2.45, 2.75) is 25.9 Å². The van der Waals surface area contributed by atoms with Gasteiger partial charge in [0.25, 0.3) is 0 Å². The lowest BCUT2D eigenvalue weighted by atomic mass is 9.80. The summed E-state index contributed by atoms with van der Waals surface area (Å²) in [6, 6.07) is 0. The van der Waals surface area contributed by atoms with Crippen LogP contribution in [0.3, 0.4) is 0 Å². The smallest absolute Gasteiger partial charge is 0.334 e. The van der Waals surface area contributed by atoms with E-state index in [2.05, 4.69) is 13.2 Å². The molecule has 0 radical (unpaired) electrons. The number of rotatable bonds is 0. The summed E-state index contributed by atoms with van der Waals surface area (Å²) in [6.45, 7) is 9.82. The fourth-order valence-corrected chi connectivity index (χ4v) is 3.54. The van der Waals surface area contributed by atoms with E-state index in [9.17, 15) is 9.59 Å². The zero-order valence-corrected chi connectivity index (χ0v) is 10.4. The molecule has 3 aliphatic rings. The minimum absolute atomic E-state index is 0.0271. The molecule has 1 aliphatic heterocycles. The molecule has 2 fully saturated rings. The van der Waals surface area contributed by atoms with Crippen LogP contribution < -0.4 is 0 Å². The highest BCUT2D eigenvalue weighted by Gasteiger charge is 2.51. The second-order valence-electron chi connectivity index (χ2n) is 5.49. The Morgan fingerprint density at radius 3 is 2.78 bits per heavy atom. The quantitative estimate of drug-likeness (QED) is 0.373. The van der Waals surface area contributed by atoms with Crippen molar-refractivity contribution in [3.05, 3.63) is 36.0 Å². The van der Waals surface area contributed by atoms with E-state index in [1.165, 1.54) is 0 Å². The van der Waals surface area contributed by atoms with Crippen molar-refractivity contribution in [1.82, 2.24) is 0 Å². The van der Waals surface area contributed by atoms with Crippen molar-refractivity contribution in [3.8, 4) is 0 Å². The Labute approximate surface area is 106 Å². The minimum atomic E-state index is -0.302. The Morgan fingerprint density at radius 1 is 1.33 bits per heavy atom. The average Bonchev–Trinajstić information content (AvgIpc) is 2.68. The van der Waals surface area contributed by atoms with Crippen molar-refractivity contribution in [2.24, 2.45) is 17.8 Å². The van der Waals surface area contributed by atoms with E-state index in [1.54, 1.807) is 6.08 Å². The molecule has 3 rings (SSSR count). The van der Waals surface area contributed by atoms with Gasteiger partial charge >= 0.3 is 5.97 Å². The Morgan fingerprint density at radius 2 is 2.06 bits per heavy atom. The second-order valence-corrected chi connectivity index (χ2v) is 5.49. The Kier molecular flexibility index (Phi) is 2.34. The van der Waals surface area contributed by atoms with Gasteiger partial charge in [-0.15, -0.1) is 0 Å². The van der Waals surface area contributed by atoms with Crippen LogP contribution >= 0.6 is 0 Å². The first-order valence-electron chi connectivity index (χ1n) is 6.30. The highest BCUT2D eigenvalue weighted by atomic mass is 16.6. The van der Waals surface area contributed by atoms with Crippen molar-refractivity contribution in [1.29, 1.82) is 0 Å². The monoisotopic (exact) mass is 244 g/mol. The summed E-state index contributed by atoms with van der Waals surface area (Å²) in [5.74, 6) is -0.377. The van der Waals surface area contributed by atoms with E-state index in [-0.39, 0.29) is 35.6 Å². The number of hydrogen-bond acceptors (Lipinski definition) is 3. The van der Waals surface area contributed by atoms with Crippen molar-refractivity contribution in [2.75, 3.05) is 0 Å². The van der Waals surface area contributed by atoms with Crippen LogP contribution in [0.25, 0.3) is 0 Å². The molecule has 4 atom stereocenters. The van der Waals surface area contributed by atoms with Crippen molar-refractivity contribution < 1.29 is 14.3 Å². The Bertz CT molecular complexity index is 512. The molecular formula is C15H16O3. The molecule has 0 aromatic carbocycles. The first-order chi connectivity index (χ1) is 8.50. The number of esters is 1. The minimum Gasteiger partial charge on any atom is -0.458 e. The second kappa shape index (κ2) is 3.67. The van der Waals surface area contributed by atoms with Gasteiger partial charge in [0, 0.05) is 17.4 Å². The van der Waals surface area contributed by atoms with E-state index >= 15 is 0 Å². The summed E-state index contributed by atoms with van der Waals surface area (Å²) in [4.78, 5) is 23.7. The Balaban J connectivity index is 2.05. The van der Waals surface area contributed by atoms with Crippen LogP contribution in [0.1, 0.15) is 19.8 Å². The normalized spacial score (nSPS) is 39.1. The van der Waals surface area contributed by atoms with Gasteiger partial charge in [0.1, 0.15) is 6.10 Å². The summed E-state index contributed by atoms with van der Waals surface area (Å²) in [5.41, 5.74) is 2.53. The number of carbonyl (C=O) groups excluding carboxylic acids is 2. The zero-order chi connectivity index (χ0) is 13.0. The summed E-state index contributed by atoms with van der Waals surface area (Å²) >= 11 is 0. The summed E-state index contributed by atoms with van der Waals surface area (Å²) in [5, 5.41) is 0. The molecule has 0 amide bonds. The predicted molar refractivity (Wildman–Crippen MR) is 66.6 cm³/mol. The molecule has 1 saturated heterocycles. The molecule has 2 aliphatic carbocycles. The number of carbonyl (C=O) groups is 2. The molecule has 0 aromatic heterocycles. The predicted octanol–water partition coefficient (Wildman–Crippen LogP) is 2.20. The molecule has 0 aromatic rings. The van der Waals surface area contributed by atoms with Gasteiger partial charge in [-0.05, 0) is 25.8 Å². The standard InChI is InChI=1S/C15H16O3/c1-7-4-5-10-9(3)15(17)18-14(10)13-8(2)6-11(16)12(7)13/h6,10,12-14H,1,3-5H2,2H3/t10-,12+,13-,14-/m0/s1. The van der Waals surface area contributed by atoms with Crippen LogP contribution in [0.2, 0.25) is 0 Å². The largest absolute Gasteiger partial charge is 0.458 e. The van der Waals surface area contributed by atoms with Crippen molar-refractivity contribution >= 4 is 11.8 Å². The molecule has 3 nitrogen and oxygen atoms in total. The SMILES string of the molecule is C=C1CC[C@H]2C(=C)C(=O)O[C@@H]2[C@H]2C(C)=CC(=O)[C@@H]12. The lowest BCUT2D eigenvalue weighted by Gasteiger charge is -2.26. The summed E-state index contributed by atoms with van der Waals surface area (Å²) < 4.78 is 5.47. The number of allylic oxidation sites excluding steroid dienone is 2. The van der Waals surface area contributed by atoms with Gasteiger partial charge in [-0.2, -0.15) is 0 Å². The maximum absolute atomic E-state index is 12.0. The van der Waals surface area contributed by atoms with Gasteiger partial charge in [-0.25, -0.2) is 4.79 Å². The van der Waals surface area contributed by atoms with Crippen LogP contribution in [-0.2, 0) is 14.3 Å². The fourth-order valence-electron chi connectivity index (χ4n) is 3.54. The first kappa shape index (κ1) is 11.5. The van der Waals surface area contributed by atoms with Gasteiger partial charge in [0.05, 0.1) is 5.92 Å². The van der Waals surface area contributed by atoms with Crippen LogP contribution in [0, 0.1) is 17.8 Å². The number of ketones is 1. The lowest BCUT2D eigenvalue weighted by molar-refractivity contribution is -0.141. The molecule has 1 heterocycles. The van der Waals surface area contributed by atoms with Crippen molar-refractivity contribution in [3.63, 3.8) is 0 Å². The van der Waals surface area contributed by atoms with E-state index < -0.39 is 0 Å². The fraction of sp³-hybridized carbons (Fsp3) is 0.467. The van der Waals surface area contributed by atoms with Gasteiger partial charge < -0.3 is 4.74 Å². The van der Waals surface area contributed by atoms with Crippen LogP contribution in [0.15, 0.2) is 36.0 Å². The molecule has 18 heavy (non-hydrogen) atoms. The molecule has 94 valence electrons. The maximum Gasteiger partial charge on any atom is 0.334 e. The number of ether oxygens (including phenoxy) is 1. The van der Waals surface area contributed by atoms with Gasteiger partial charge in [-0.3, -0.25) is 4.79 Å². The van der Waals surface area contributed by atoms with E-state index in [4.69, 9.17) is 4.74 Å². The first-order valence-corrected chi connectivity index (χ1v) is 6.30. The number of fused-ring (bicyclic) bond motifs is 3. The third kappa shape index (κ3) is 1.36. The number of hydrogen-bond donors (Lipinski definition) is 0. The summed E-state index contributed by atoms with van der Waals surface area (Å²) in [7, 11) is 0. The molecular weight excluding hydrogens is 228 g/mol. The summed E-state index contributed by atoms with van der Waals surface area (Å²) in [6.07, 6.45) is 3.03. The molecule has 0 N–H and O–H groups in total. The van der Waals surface area contributed by atoms with Gasteiger partial charge in [0.2, 0.25) is 0 Å². The van der Waals surface area contributed by atoms with Crippen LogP contribution in [0.4, 0.5) is 0 Å². The van der Waals surface area contributed by atoms with Crippen LogP contribution in [0.5, 0.6) is 0 Å². The van der Waals surface area contributed by atoms with Gasteiger partial charge in [-0.1, -0.05) is 24.3 Å². The molecule has 0 bridgehead atoms. The highest BCUT2D eigenvalue weighted by Crippen LogP contribution is 2.48. The molecule has 1 saturated carbocycles. The Hall–Kier alpha value is -1.64. The topological polar surface area (TPSA) is 43.4 Å². The maximum atomic E-state index is 12.0. The third-order valence-corrected chi connectivity index (χ3v) is 4.48. The van der Waals surface area contributed by atoms with E-state index in [0.717, 1.165) is 24.0 Å². The molecule has 3 heteroatoms. The molecule has 0 unspecified atom stereocenters. The zero-order valence-electron chi connectivity index (χ0n) is 10.4. The third-order valence-electron chi connectivity index (χ3n) is 4.48. The van der Waals surface area contributed by atoms with E-state index in [1.807, 2.05) is 6.92 Å². The van der Waals surface area contributed by atoms with Gasteiger partial charge in [0.15, 0.2) is 5.78 Å². The highest BCUT2D eigenvalue weighted by molar-refractivity contribution is 5.98. The van der Waals surface area contributed by atoms with E-state index in [0.29, 0.717) is 5.57 Å². The average molecular weight is 244 g/mol. The molecule has 0 spiro atoms.